The molecule has 1 rings (SSSR count). The summed E-state index contributed by atoms with van der Waals surface area (Å²) in [7, 11) is 4.22. The Bertz CT molecular complexity index is 162. The van der Waals surface area contributed by atoms with E-state index < -0.39 is 0 Å². The maximum Gasteiger partial charge on any atom is 0.0693 e. The van der Waals surface area contributed by atoms with Crippen LogP contribution in [0.4, 0.5) is 0 Å². The predicted octanol–water partition coefficient (Wildman–Crippen LogP) is 1.22. The maximum absolute atomic E-state index is 9.74. The van der Waals surface area contributed by atoms with Crippen LogP contribution in [0.15, 0.2) is 0 Å². The molecule has 2 atom stereocenters. The van der Waals surface area contributed by atoms with Crippen molar-refractivity contribution in [1.29, 1.82) is 0 Å². The van der Waals surface area contributed by atoms with E-state index in [-0.39, 0.29) is 6.10 Å². The molecule has 2 N–H and O–H groups in total. The lowest BCUT2D eigenvalue weighted by Gasteiger charge is -2.28. The van der Waals surface area contributed by atoms with E-state index in [0.29, 0.717) is 6.04 Å². The summed E-state index contributed by atoms with van der Waals surface area (Å²) in [5.74, 6) is 0. The lowest BCUT2D eigenvalue weighted by Crippen LogP contribution is -2.42. The molecule has 0 aromatic heterocycles. The Morgan fingerprint density at radius 2 is 1.93 bits per heavy atom. The van der Waals surface area contributed by atoms with Gasteiger partial charge >= 0.3 is 0 Å². The monoisotopic (exact) mass is 214 g/mol. The van der Waals surface area contributed by atoms with Crippen LogP contribution in [0, 0.1) is 0 Å². The van der Waals surface area contributed by atoms with Crippen LogP contribution < -0.4 is 5.32 Å². The molecule has 90 valence electrons. The highest BCUT2D eigenvalue weighted by molar-refractivity contribution is 4.79. The highest BCUT2D eigenvalue weighted by Gasteiger charge is 2.21. The van der Waals surface area contributed by atoms with Crippen LogP contribution in [-0.4, -0.2) is 49.3 Å². The molecule has 1 saturated carbocycles. The molecule has 0 spiro atoms. The number of hydrogen-bond donors (Lipinski definition) is 2. The molecular weight excluding hydrogens is 188 g/mol. The molecular formula is C12H26N2O. The zero-order valence-electron chi connectivity index (χ0n) is 10.2. The van der Waals surface area contributed by atoms with Crippen molar-refractivity contribution in [3.63, 3.8) is 0 Å². The quantitative estimate of drug-likeness (QED) is 0.653. The minimum atomic E-state index is -0.104. The summed E-state index contributed by atoms with van der Waals surface area (Å²) in [5.41, 5.74) is 0. The van der Waals surface area contributed by atoms with Crippen molar-refractivity contribution in [3.05, 3.63) is 0 Å². The molecule has 0 radical (unpaired) electrons. The van der Waals surface area contributed by atoms with Crippen LogP contribution in [0.2, 0.25) is 0 Å². The number of nitrogens with zero attached hydrogens (tertiary/aromatic N) is 1. The van der Waals surface area contributed by atoms with E-state index in [0.717, 1.165) is 25.9 Å². The van der Waals surface area contributed by atoms with E-state index in [1.165, 1.54) is 25.7 Å². The van der Waals surface area contributed by atoms with E-state index >= 15 is 0 Å². The Morgan fingerprint density at radius 3 is 2.60 bits per heavy atom. The molecule has 3 heteroatoms. The number of nitrogens with one attached hydrogen (secondary N) is 1. The summed E-state index contributed by atoms with van der Waals surface area (Å²) in [6.45, 7) is 2.21. The van der Waals surface area contributed by atoms with Gasteiger partial charge in [-0.05, 0) is 52.9 Å². The smallest absolute Gasteiger partial charge is 0.0693 e. The van der Waals surface area contributed by atoms with Gasteiger partial charge in [0.25, 0.3) is 0 Å². The molecule has 0 unspecified atom stereocenters. The average molecular weight is 214 g/mol. The second kappa shape index (κ2) is 7.20. The first kappa shape index (κ1) is 12.9. The Hall–Kier alpha value is -0.120. The lowest BCUT2D eigenvalue weighted by molar-refractivity contribution is 0.0909. The molecule has 0 aromatic carbocycles. The largest absolute Gasteiger partial charge is 0.392 e. The van der Waals surface area contributed by atoms with E-state index in [1.54, 1.807) is 0 Å². The topological polar surface area (TPSA) is 35.5 Å². The molecule has 0 saturated heterocycles. The molecule has 0 bridgehead atoms. The van der Waals surface area contributed by atoms with Gasteiger partial charge in [-0.1, -0.05) is 12.8 Å². The summed E-state index contributed by atoms with van der Waals surface area (Å²) in [5, 5.41) is 13.2. The Kier molecular flexibility index (Phi) is 6.22. The van der Waals surface area contributed by atoms with Crippen molar-refractivity contribution in [2.45, 2.75) is 50.7 Å². The standard InChI is InChI=1S/C12H26N2O/c1-14(2)10-6-5-9-13-11-7-3-4-8-12(11)15/h11-13,15H,3-10H2,1-2H3/t11-,12-/m1/s1. The van der Waals surface area contributed by atoms with Crippen LogP contribution in [0.1, 0.15) is 38.5 Å². The van der Waals surface area contributed by atoms with Crippen molar-refractivity contribution in [3.8, 4) is 0 Å². The van der Waals surface area contributed by atoms with Gasteiger partial charge in [-0.25, -0.2) is 0 Å². The summed E-state index contributed by atoms with van der Waals surface area (Å²) in [6, 6.07) is 0.359. The number of hydrogen-bond acceptors (Lipinski definition) is 3. The van der Waals surface area contributed by atoms with E-state index in [4.69, 9.17) is 0 Å². The first-order valence-electron chi connectivity index (χ1n) is 6.26. The minimum absolute atomic E-state index is 0.104. The number of rotatable bonds is 6. The molecule has 0 aliphatic heterocycles. The first-order chi connectivity index (χ1) is 7.20. The van der Waals surface area contributed by atoms with Crippen LogP contribution in [0.25, 0.3) is 0 Å². The average Bonchev–Trinajstić information content (AvgIpc) is 2.20. The fraction of sp³-hybridized carbons (Fsp3) is 1.00. The second-order valence-corrected chi connectivity index (χ2v) is 4.92. The number of aliphatic hydroxyl groups excluding tert-OH is 1. The van der Waals surface area contributed by atoms with Crippen LogP contribution in [-0.2, 0) is 0 Å². The van der Waals surface area contributed by atoms with Crippen LogP contribution in [0.3, 0.4) is 0 Å². The third-order valence-corrected chi connectivity index (χ3v) is 3.17. The molecule has 1 fully saturated rings. The normalized spacial score (nSPS) is 27.2. The fourth-order valence-corrected chi connectivity index (χ4v) is 2.19. The van der Waals surface area contributed by atoms with Gasteiger partial charge in [-0.15, -0.1) is 0 Å². The summed E-state index contributed by atoms with van der Waals surface area (Å²) in [6.07, 6.45) is 6.94. The molecule has 15 heavy (non-hydrogen) atoms. The molecule has 3 nitrogen and oxygen atoms in total. The molecule has 0 heterocycles. The van der Waals surface area contributed by atoms with Gasteiger partial charge in [0.1, 0.15) is 0 Å². The van der Waals surface area contributed by atoms with Crippen LogP contribution >= 0.6 is 0 Å². The molecule has 0 aromatic rings. The maximum atomic E-state index is 9.74. The zero-order chi connectivity index (χ0) is 11.1. The van der Waals surface area contributed by atoms with Gasteiger partial charge in [0.2, 0.25) is 0 Å². The first-order valence-corrected chi connectivity index (χ1v) is 6.26. The highest BCUT2D eigenvalue weighted by atomic mass is 16.3. The number of aliphatic hydroxyl groups is 1. The van der Waals surface area contributed by atoms with Gasteiger partial charge in [0.15, 0.2) is 0 Å². The van der Waals surface area contributed by atoms with E-state index in [2.05, 4.69) is 24.3 Å². The fourth-order valence-electron chi connectivity index (χ4n) is 2.19. The van der Waals surface area contributed by atoms with E-state index in [1.807, 2.05) is 0 Å². The molecule has 1 aliphatic rings. The van der Waals surface area contributed by atoms with Gasteiger partial charge in [-0.2, -0.15) is 0 Å². The lowest BCUT2D eigenvalue weighted by atomic mass is 9.92. The van der Waals surface area contributed by atoms with Crippen LogP contribution in [0.5, 0.6) is 0 Å². The number of unbranched alkanes of at least 4 members (excludes halogenated alkanes) is 1. The van der Waals surface area contributed by atoms with Crippen molar-refractivity contribution in [1.82, 2.24) is 10.2 Å². The Labute approximate surface area is 93.9 Å². The zero-order valence-corrected chi connectivity index (χ0v) is 10.2. The van der Waals surface area contributed by atoms with E-state index in [9.17, 15) is 5.11 Å². The Balaban J connectivity index is 1.99. The molecule has 1 aliphatic carbocycles. The SMILES string of the molecule is CN(C)CCCCN[C@@H]1CCCC[C@H]1O. The third kappa shape index (κ3) is 5.50. The van der Waals surface area contributed by atoms with Crippen molar-refractivity contribution in [2.75, 3.05) is 27.2 Å². The summed E-state index contributed by atoms with van der Waals surface area (Å²) in [4.78, 5) is 2.22. The molecule has 0 amide bonds. The highest BCUT2D eigenvalue weighted by Crippen LogP contribution is 2.18. The summed E-state index contributed by atoms with van der Waals surface area (Å²) < 4.78 is 0. The minimum Gasteiger partial charge on any atom is -0.392 e. The Morgan fingerprint density at radius 1 is 1.20 bits per heavy atom. The predicted molar refractivity (Wildman–Crippen MR) is 64.1 cm³/mol. The van der Waals surface area contributed by atoms with Gasteiger partial charge < -0.3 is 15.3 Å². The van der Waals surface area contributed by atoms with Gasteiger partial charge in [-0.3, -0.25) is 0 Å². The van der Waals surface area contributed by atoms with Crippen molar-refractivity contribution >= 4 is 0 Å². The second-order valence-electron chi connectivity index (χ2n) is 4.92. The summed E-state index contributed by atoms with van der Waals surface area (Å²) >= 11 is 0. The van der Waals surface area contributed by atoms with Gasteiger partial charge in [0, 0.05) is 6.04 Å². The van der Waals surface area contributed by atoms with Crippen molar-refractivity contribution < 1.29 is 5.11 Å². The van der Waals surface area contributed by atoms with Crippen molar-refractivity contribution in [2.24, 2.45) is 0 Å². The van der Waals surface area contributed by atoms with Gasteiger partial charge in [0.05, 0.1) is 6.10 Å². The third-order valence-electron chi connectivity index (χ3n) is 3.17.